The van der Waals surface area contributed by atoms with Gasteiger partial charge in [0.15, 0.2) is 0 Å². The molecule has 0 aliphatic carbocycles. The van der Waals surface area contributed by atoms with E-state index in [2.05, 4.69) is 5.10 Å². The quantitative estimate of drug-likeness (QED) is 0.366. The molecule has 1 amide bonds. The second-order valence-corrected chi connectivity index (χ2v) is 2.85. The summed E-state index contributed by atoms with van der Waals surface area (Å²) in [6.45, 7) is 2.02. The Morgan fingerprint density at radius 1 is 1.64 bits per heavy atom. The molecule has 0 saturated carbocycles. The van der Waals surface area contributed by atoms with Gasteiger partial charge in [-0.2, -0.15) is 5.10 Å². The molecular formula is C8H12N4O2. The van der Waals surface area contributed by atoms with E-state index in [1.165, 1.54) is 10.7 Å². The summed E-state index contributed by atoms with van der Waals surface area (Å²) in [6, 6.07) is 3.05. The van der Waals surface area contributed by atoms with Crippen molar-refractivity contribution >= 4 is 5.91 Å². The third-order valence-corrected chi connectivity index (χ3v) is 1.71. The number of carbonyl (C=O) groups excluding carboxylic acids is 1. The molecule has 0 fully saturated rings. The van der Waals surface area contributed by atoms with Crippen LogP contribution in [0.15, 0.2) is 16.9 Å². The fourth-order valence-corrected chi connectivity index (χ4v) is 0.991. The van der Waals surface area contributed by atoms with E-state index in [-0.39, 0.29) is 24.4 Å². The van der Waals surface area contributed by atoms with Crippen molar-refractivity contribution in [2.45, 2.75) is 19.9 Å². The lowest BCUT2D eigenvalue weighted by atomic mass is 10.4. The Bertz CT molecular complexity index is 385. The van der Waals surface area contributed by atoms with Crippen molar-refractivity contribution in [2.24, 2.45) is 5.84 Å². The number of nitrogens with one attached hydrogen (secondary N) is 1. The molecule has 0 aromatic carbocycles. The number of amides is 1. The van der Waals surface area contributed by atoms with Crippen LogP contribution in [0.5, 0.6) is 0 Å². The Balaban J connectivity index is 2.71. The maximum absolute atomic E-state index is 11.2. The van der Waals surface area contributed by atoms with Crippen molar-refractivity contribution in [2.75, 3.05) is 0 Å². The largest absolute Gasteiger partial charge is 0.294 e. The molecule has 76 valence electrons. The average Bonchev–Trinajstić information content (AvgIpc) is 2.19. The summed E-state index contributed by atoms with van der Waals surface area (Å²) in [7, 11) is 0. The molecule has 1 aromatic heterocycles. The third-order valence-electron chi connectivity index (χ3n) is 1.71. The zero-order valence-electron chi connectivity index (χ0n) is 7.86. The minimum Gasteiger partial charge on any atom is -0.294 e. The van der Waals surface area contributed by atoms with Gasteiger partial charge >= 0.3 is 0 Å². The number of aromatic nitrogens is 2. The smallest absolute Gasteiger partial charge is 0.266 e. The van der Waals surface area contributed by atoms with E-state index >= 15 is 0 Å². The van der Waals surface area contributed by atoms with Gasteiger partial charge in [-0.05, 0) is 13.0 Å². The number of hydrazine groups is 1. The molecule has 0 aliphatic heterocycles. The molecule has 6 heteroatoms. The maximum atomic E-state index is 11.2. The zero-order chi connectivity index (χ0) is 10.6. The van der Waals surface area contributed by atoms with Crippen LogP contribution in [0.25, 0.3) is 0 Å². The lowest BCUT2D eigenvalue weighted by Gasteiger charge is -2.03. The molecule has 1 rings (SSSR count). The molecule has 0 aliphatic rings. The summed E-state index contributed by atoms with van der Waals surface area (Å²) in [4.78, 5) is 22.0. The molecule has 3 N–H and O–H groups in total. The number of aryl methyl sites for hydroxylation is 2. The Labute approximate surface area is 80.7 Å². The van der Waals surface area contributed by atoms with E-state index in [1.807, 2.05) is 5.43 Å². The molecule has 0 bridgehead atoms. The molecule has 0 radical (unpaired) electrons. The van der Waals surface area contributed by atoms with Crippen molar-refractivity contribution in [1.29, 1.82) is 0 Å². The first-order valence-electron chi connectivity index (χ1n) is 4.17. The SMILES string of the molecule is Cc1ccc(=O)n(CCC(=O)NN)n1. The molecule has 0 saturated heterocycles. The first kappa shape index (κ1) is 10.4. The van der Waals surface area contributed by atoms with Crippen molar-refractivity contribution < 1.29 is 4.79 Å². The van der Waals surface area contributed by atoms with Gasteiger partial charge in [0.25, 0.3) is 5.56 Å². The van der Waals surface area contributed by atoms with Crippen LogP contribution in [0, 0.1) is 6.92 Å². The van der Waals surface area contributed by atoms with Gasteiger partial charge in [0.05, 0.1) is 12.2 Å². The monoisotopic (exact) mass is 196 g/mol. The van der Waals surface area contributed by atoms with Gasteiger partial charge in [0.1, 0.15) is 0 Å². The summed E-state index contributed by atoms with van der Waals surface area (Å²) >= 11 is 0. The van der Waals surface area contributed by atoms with Gasteiger partial charge in [-0.3, -0.25) is 15.0 Å². The fraction of sp³-hybridized carbons (Fsp3) is 0.375. The van der Waals surface area contributed by atoms with Crippen LogP contribution in [0.3, 0.4) is 0 Å². The van der Waals surface area contributed by atoms with E-state index in [1.54, 1.807) is 13.0 Å². The lowest BCUT2D eigenvalue weighted by molar-refractivity contribution is -0.121. The van der Waals surface area contributed by atoms with Crippen molar-refractivity contribution in [3.8, 4) is 0 Å². The van der Waals surface area contributed by atoms with Crippen LogP contribution in [-0.4, -0.2) is 15.7 Å². The summed E-state index contributed by atoms with van der Waals surface area (Å²) in [5.74, 6) is 4.58. The molecule has 0 unspecified atom stereocenters. The number of nitrogens with two attached hydrogens (primary N) is 1. The van der Waals surface area contributed by atoms with Crippen molar-refractivity contribution in [3.05, 3.63) is 28.2 Å². The number of nitrogens with zero attached hydrogens (tertiary/aromatic N) is 2. The zero-order valence-corrected chi connectivity index (χ0v) is 7.86. The third kappa shape index (κ3) is 2.67. The number of hydrogen-bond acceptors (Lipinski definition) is 4. The predicted octanol–water partition coefficient (Wildman–Crippen LogP) is -1.07. The number of carbonyl (C=O) groups is 1. The Morgan fingerprint density at radius 2 is 2.36 bits per heavy atom. The topological polar surface area (TPSA) is 90.0 Å². The highest BCUT2D eigenvalue weighted by atomic mass is 16.2. The standard InChI is InChI=1S/C8H12N4O2/c1-6-2-3-8(14)12(11-6)5-4-7(13)10-9/h2-3H,4-5,9H2,1H3,(H,10,13). The molecule has 6 nitrogen and oxygen atoms in total. The van der Waals surface area contributed by atoms with E-state index in [9.17, 15) is 9.59 Å². The van der Waals surface area contributed by atoms with Crippen molar-refractivity contribution in [3.63, 3.8) is 0 Å². The van der Waals surface area contributed by atoms with Crippen LogP contribution in [0.4, 0.5) is 0 Å². The normalized spacial score (nSPS) is 9.86. The van der Waals surface area contributed by atoms with Crippen LogP contribution in [-0.2, 0) is 11.3 Å². The lowest BCUT2D eigenvalue weighted by Crippen LogP contribution is -2.32. The first-order chi connectivity index (χ1) is 6.63. The Morgan fingerprint density at radius 3 is 3.00 bits per heavy atom. The summed E-state index contributed by atoms with van der Waals surface area (Å²) in [5, 5.41) is 3.96. The van der Waals surface area contributed by atoms with E-state index in [0.717, 1.165) is 5.69 Å². The average molecular weight is 196 g/mol. The molecule has 1 heterocycles. The van der Waals surface area contributed by atoms with E-state index < -0.39 is 0 Å². The minimum absolute atomic E-state index is 0.146. The van der Waals surface area contributed by atoms with E-state index in [4.69, 9.17) is 5.84 Å². The van der Waals surface area contributed by atoms with Crippen LogP contribution >= 0.6 is 0 Å². The van der Waals surface area contributed by atoms with Crippen LogP contribution < -0.4 is 16.8 Å². The number of hydrogen-bond donors (Lipinski definition) is 2. The first-order valence-corrected chi connectivity index (χ1v) is 4.17. The number of rotatable bonds is 3. The van der Waals surface area contributed by atoms with Gasteiger partial charge in [-0.15, -0.1) is 0 Å². The molecular weight excluding hydrogens is 184 g/mol. The van der Waals surface area contributed by atoms with Gasteiger partial charge in [0.2, 0.25) is 5.91 Å². The summed E-state index contributed by atoms with van der Waals surface area (Å²) < 4.78 is 1.24. The molecule has 1 aromatic rings. The Hall–Kier alpha value is -1.69. The highest BCUT2D eigenvalue weighted by Gasteiger charge is 2.01. The molecule has 0 atom stereocenters. The van der Waals surface area contributed by atoms with Gasteiger partial charge < -0.3 is 0 Å². The van der Waals surface area contributed by atoms with E-state index in [0.29, 0.717) is 0 Å². The maximum Gasteiger partial charge on any atom is 0.266 e. The van der Waals surface area contributed by atoms with Gasteiger partial charge in [0, 0.05) is 12.5 Å². The summed E-state index contributed by atoms with van der Waals surface area (Å²) in [5.41, 5.74) is 2.50. The van der Waals surface area contributed by atoms with Crippen LogP contribution in [0.1, 0.15) is 12.1 Å². The van der Waals surface area contributed by atoms with Crippen molar-refractivity contribution in [1.82, 2.24) is 15.2 Å². The molecule has 14 heavy (non-hydrogen) atoms. The molecule has 0 spiro atoms. The second kappa shape index (κ2) is 4.52. The fourth-order valence-electron chi connectivity index (χ4n) is 0.991. The van der Waals surface area contributed by atoms with Gasteiger partial charge in [-0.1, -0.05) is 0 Å². The van der Waals surface area contributed by atoms with Crippen LogP contribution in [0.2, 0.25) is 0 Å². The minimum atomic E-state index is -0.319. The van der Waals surface area contributed by atoms with Gasteiger partial charge in [-0.25, -0.2) is 10.5 Å². The second-order valence-electron chi connectivity index (χ2n) is 2.85. The summed E-state index contributed by atoms with van der Waals surface area (Å²) in [6.07, 6.45) is 0.146. The highest BCUT2D eigenvalue weighted by molar-refractivity contribution is 5.74. The highest BCUT2D eigenvalue weighted by Crippen LogP contribution is 1.88. The Kier molecular flexibility index (Phi) is 3.35. The predicted molar refractivity (Wildman–Crippen MR) is 50.2 cm³/mol.